The first-order valence-corrected chi connectivity index (χ1v) is 11.7. The van der Waals surface area contributed by atoms with Crippen molar-refractivity contribution in [3.05, 3.63) is 59.1 Å². The molecule has 2 aromatic rings. The molecule has 2 heterocycles. The van der Waals surface area contributed by atoms with Crippen molar-refractivity contribution < 1.29 is 19.4 Å². The van der Waals surface area contributed by atoms with Crippen molar-refractivity contribution in [1.29, 1.82) is 0 Å². The summed E-state index contributed by atoms with van der Waals surface area (Å²) in [7, 11) is 0. The monoisotopic (exact) mass is 458 g/mol. The van der Waals surface area contributed by atoms with Crippen molar-refractivity contribution in [3.63, 3.8) is 0 Å². The third-order valence-electron chi connectivity index (χ3n) is 6.32. The lowest BCUT2D eigenvalue weighted by Gasteiger charge is -2.42. The van der Waals surface area contributed by atoms with Gasteiger partial charge in [0.15, 0.2) is 0 Å². The van der Waals surface area contributed by atoms with Gasteiger partial charge in [0.1, 0.15) is 29.8 Å². The second-order valence-electron chi connectivity index (χ2n) is 8.84. The molecule has 2 aliphatic heterocycles. The van der Waals surface area contributed by atoms with Crippen LogP contribution in [0.15, 0.2) is 48.5 Å². The minimum Gasteiger partial charge on any atom is -0.492 e. The lowest BCUT2D eigenvalue weighted by Crippen LogP contribution is -2.57. The Bertz CT molecular complexity index is 895. The zero-order chi connectivity index (χ0) is 22.6. The van der Waals surface area contributed by atoms with E-state index in [-0.39, 0.29) is 5.91 Å². The number of rotatable bonds is 7. The fraction of sp³-hybridized carbons (Fsp3) is 0.480. The Morgan fingerprint density at radius 3 is 2.41 bits per heavy atom. The van der Waals surface area contributed by atoms with E-state index in [9.17, 15) is 9.90 Å². The Balaban J connectivity index is 1.34. The molecule has 0 unspecified atom stereocenters. The average molecular weight is 459 g/mol. The highest BCUT2D eigenvalue weighted by molar-refractivity contribution is 6.30. The van der Waals surface area contributed by atoms with Gasteiger partial charge in [-0.15, -0.1) is 0 Å². The molecule has 2 aromatic carbocycles. The first kappa shape index (κ1) is 22.9. The number of hydrogen-bond donors (Lipinski definition) is 1. The maximum absolute atomic E-state index is 13.1. The number of amides is 1. The van der Waals surface area contributed by atoms with Gasteiger partial charge in [-0.3, -0.25) is 9.69 Å². The molecule has 172 valence electrons. The summed E-state index contributed by atoms with van der Waals surface area (Å²) in [6.07, 6.45) is 2.45. The summed E-state index contributed by atoms with van der Waals surface area (Å²) in [4.78, 5) is 17.2. The smallest absolute Gasteiger partial charge is 0.253 e. The molecule has 0 radical (unpaired) electrons. The normalized spacial score (nSPS) is 23.8. The Hall–Kier alpha value is -2.28. The minimum absolute atomic E-state index is 0.0752. The molecule has 32 heavy (non-hydrogen) atoms. The zero-order valence-electron chi connectivity index (χ0n) is 18.5. The maximum Gasteiger partial charge on any atom is 0.253 e. The number of carbonyl (C=O) groups is 1. The molecule has 1 amide bonds. The van der Waals surface area contributed by atoms with E-state index in [0.717, 1.165) is 25.4 Å². The highest BCUT2D eigenvalue weighted by Gasteiger charge is 2.41. The highest BCUT2D eigenvalue weighted by atomic mass is 35.5. The van der Waals surface area contributed by atoms with Gasteiger partial charge in [0, 0.05) is 23.7 Å². The van der Waals surface area contributed by atoms with E-state index < -0.39 is 11.7 Å². The number of halogens is 1. The van der Waals surface area contributed by atoms with E-state index >= 15 is 0 Å². The lowest BCUT2D eigenvalue weighted by molar-refractivity contribution is -0.0881. The van der Waals surface area contributed by atoms with E-state index in [2.05, 4.69) is 4.90 Å². The number of likely N-dealkylation sites (tertiary alicyclic amines) is 2. The van der Waals surface area contributed by atoms with Gasteiger partial charge in [0.2, 0.25) is 0 Å². The summed E-state index contributed by atoms with van der Waals surface area (Å²) in [5, 5.41) is 11.4. The van der Waals surface area contributed by atoms with Crippen LogP contribution in [0.1, 0.15) is 36.5 Å². The standard InChI is InChI=1S/C25H31ClN2O4/c1-25(30)12-15-28(18-23(25)32-22-10-6-20(26)7-11-22)24(29)19-4-8-21(9-5-19)31-17-16-27-13-2-3-14-27/h4-11,23,30H,2-3,12-18H2,1H3/t23-,25-/m0/s1. The molecule has 2 atom stereocenters. The van der Waals surface area contributed by atoms with Crippen molar-refractivity contribution >= 4 is 17.5 Å². The molecule has 0 spiro atoms. The lowest BCUT2D eigenvalue weighted by atomic mass is 9.90. The molecule has 7 heteroatoms. The van der Waals surface area contributed by atoms with E-state index in [1.165, 1.54) is 12.8 Å². The SMILES string of the molecule is C[C@]1(O)CCN(C(=O)c2ccc(OCCN3CCCC3)cc2)C[C@@H]1Oc1ccc(Cl)cc1. The summed E-state index contributed by atoms with van der Waals surface area (Å²) in [5.74, 6) is 1.31. The topological polar surface area (TPSA) is 62.2 Å². The predicted octanol–water partition coefficient (Wildman–Crippen LogP) is 3.86. The van der Waals surface area contributed by atoms with Crippen molar-refractivity contribution in [2.24, 2.45) is 0 Å². The molecule has 0 bridgehead atoms. The molecule has 2 fully saturated rings. The predicted molar refractivity (Wildman–Crippen MR) is 125 cm³/mol. The number of nitrogens with zero attached hydrogens (tertiary/aromatic N) is 2. The van der Waals surface area contributed by atoms with Crippen LogP contribution in [0.2, 0.25) is 5.02 Å². The highest BCUT2D eigenvalue weighted by Crippen LogP contribution is 2.28. The average Bonchev–Trinajstić information content (AvgIpc) is 3.30. The molecule has 2 saturated heterocycles. The van der Waals surface area contributed by atoms with E-state index in [1.54, 1.807) is 48.2 Å². The third kappa shape index (κ3) is 5.74. The molecule has 1 N–H and O–H groups in total. The van der Waals surface area contributed by atoms with Gasteiger partial charge in [0.05, 0.1) is 6.54 Å². The Morgan fingerprint density at radius 1 is 1.06 bits per heavy atom. The van der Waals surface area contributed by atoms with Crippen LogP contribution in [0.25, 0.3) is 0 Å². The van der Waals surface area contributed by atoms with Crippen LogP contribution in [0, 0.1) is 0 Å². The van der Waals surface area contributed by atoms with Crippen LogP contribution >= 0.6 is 11.6 Å². The molecule has 0 aliphatic carbocycles. The Labute approximate surface area is 194 Å². The largest absolute Gasteiger partial charge is 0.492 e. The number of piperidine rings is 1. The van der Waals surface area contributed by atoms with Crippen molar-refractivity contribution in [2.45, 2.75) is 37.9 Å². The number of carbonyl (C=O) groups excluding carboxylic acids is 1. The molecule has 6 nitrogen and oxygen atoms in total. The van der Waals surface area contributed by atoms with Crippen LogP contribution in [0.3, 0.4) is 0 Å². The number of ether oxygens (including phenoxy) is 2. The second kappa shape index (κ2) is 10.1. The fourth-order valence-corrected chi connectivity index (χ4v) is 4.34. The summed E-state index contributed by atoms with van der Waals surface area (Å²) < 4.78 is 11.9. The van der Waals surface area contributed by atoms with Gasteiger partial charge < -0.3 is 19.5 Å². The minimum atomic E-state index is -1.02. The van der Waals surface area contributed by atoms with Gasteiger partial charge in [-0.05, 0) is 87.8 Å². The number of hydrogen-bond acceptors (Lipinski definition) is 5. The van der Waals surface area contributed by atoms with E-state index in [1.807, 2.05) is 12.1 Å². The van der Waals surface area contributed by atoms with Crippen molar-refractivity contribution in [2.75, 3.05) is 39.3 Å². The van der Waals surface area contributed by atoms with Gasteiger partial charge in [-0.1, -0.05) is 11.6 Å². The van der Waals surface area contributed by atoms with Crippen LogP contribution in [0.5, 0.6) is 11.5 Å². The number of benzene rings is 2. The number of aliphatic hydroxyl groups is 1. The van der Waals surface area contributed by atoms with E-state index in [0.29, 0.717) is 42.5 Å². The fourth-order valence-electron chi connectivity index (χ4n) is 4.21. The van der Waals surface area contributed by atoms with Crippen LogP contribution in [-0.2, 0) is 0 Å². The molecule has 4 rings (SSSR count). The second-order valence-corrected chi connectivity index (χ2v) is 9.28. The van der Waals surface area contributed by atoms with Crippen LogP contribution in [0.4, 0.5) is 0 Å². The molecule has 2 aliphatic rings. The quantitative estimate of drug-likeness (QED) is 0.682. The van der Waals surface area contributed by atoms with Crippen molar-refractivity contribution in [3.8, 4) is 11.5 Å². The van der Waals surface area contributed by atoms with Gasteiger partial charge in [-0.25, -0.2) is 0 Å². The van der Waals surface area contributed by atoms with Gasteiger partial charge in [0.25, 0.3) is 5.91 Å². The molecule has 0 saturated carbocycles. The Morgan fingerprint density at radius 2 is 1.72 bits per heavy atom. The van der Waals surface area contributed by atoms with Crippen molar-refractivity contribution in [1.82, 2.24) is 9.80 Å². The molecule has 0 aromatic heterocycles. The summed E-state index contributed by atoms with van der Waals surface area (Å²) >= 11 is 5.94. The van der Waals surface area contributed by atoms with Gasteiger partial charge >= 0.3 is 0 Å². The first-order valence-electron chi connectivity index (χ1n) is 11.3. The maximum atomic E-state index is 13.1. The third-order valence-corrected chi connectivity index (χ3v) is 6.58. The zero-order valence-corrected chi connectivity index (χ0v) is 19.3. The van der Waals surface area contributed by atoms with Gasteiger partial charge in [-0.2, -0.15) is 0 Å². The first-order chi connectivity index (χ1) is 15.4. The molecular formula is C25H31ClN2O4. The molecular weight excluding hydrogens is 428 g/mol. The summed E-state index contributed by atoms with van der Waals surface area (Å²) in [6.45, 7) is 6.43. The summed E-state index contributed by atoms with van der Waals surface area (Å²) in [5.41, 5.74) is -0.424. The van der Waals surface area contributed by atoms with Crippen LogP contribution < -0.4 is 9.47 Å². The Kier molecular flexibility index (Phi) is 7.23. The summed E-state index contributed by atoms with van der Waals surface area (Å²) in [6, 6.07) is 14.3. The van der Waals surface area contributed by atoms with Crippen LogP contribution in [-0.4, -0.2) is 71.8 Å². The van der Waals surface area contributed by atoms with E-state index in [4.69, 9.17) is 21.1 Å².